The molecule has 0 bridgehead atoms. The molecule has 25 heavy (non-hydrogen) atoms. The van der Waals surface area contributed by atoms with E-state index in [0.717, 1.165) is 5.56 Å². The fourth-order valence-electron chi connectivity index (χ4n) is 3.61. The van der Waals surface area contributed by atoms with Gasteiger partial charge in [-0.3, -0.25) is 13.9 Å². The molecule has 0 N–H and O–H groups in total. The van der Waals surface area contributed by atoms with Crippen LogP contribution in [0.15, 0.2) is 52.1 Å². The Morgan fingerprint density at radius 1 is 0.920 bits per heavy atom. The number of aromatic nitrogens is 2. The smallest absolute Gasteiger partial charge is 0.332 e. The van der Waals surface area contributed by atoms with E-state index >= 15 is 0 Å². The van der Waals surface area contributed by atoms with Crippen molar-refractivity contribution in [3.63, 3.8) is 0 Å². The highest BCUT2D eigenvalue weighted by Crippen LogP contribution is 2.31. The minimum absolute atomic E-state index is 0.247. The van der Waals surface area contributed by atoms with Crippen LogP contribution in [0.2, 0.25) is 0 Å². The molecule has 4 rings (SSSR count). The Labute approximate surface area is 145 Å². The van der Waals surface area contributed by atoms with Crippen molar-refractivity contribution in [2.75, 3.05) is 23.5 Å². The Kier molecular flexibility index (Phi) is 3.42. The van der Waals surface area contributed by atoms with Crippen molar-refractivity contribution in [2.24, 2.45) is 14.1 Å². The van der Waals surface area contributed by atoms with Gasteiger partial charge >= 0.3 is 5.69 Å². The van der Waals surface area contributed by atoms with Crippen molar-refractivity contribution in [2.45, 2.75) is 6.54 Å². The maximum Gasteiger partial charge on any atom is 0.332 e. The predicted octanol–water partition coefficient (Wildman–Crippen LogP) is 1.65. The second-order valence-corrected chi connectivity index (χ2v) is 6.60. The molecule has 1 aromatic heterocycles. The summed E-state index contributed by atoms with van der Waals surface area (Å²) in [4.78, 5) is 28.8. The fourth-order valence-corrected chi connectivity index (χ4v) is 3.61. The van der Waals surface area contributed by atoms with Crippen molar-refractivity contribution in [1.82, 2.24) is 9.13 Å². The van der Waals surface area contributed by atoms with Gasteiger partial charge in [0.05, 0.1) is 6.67 Å². The first-order valence-electron chi connectivity index (χ1n) is 8.21. The second-order valence-electron chi connectivity index (χ2n) is 6.60. The van der Waals surface area contributed by atoms with Crippen LogP contribution in [0.4, 0.5) is 11.5 Å². The average Bonchev–Trinajstić information content (AvgIpc) is 2.94. The third-order valence-corrected chi connectivity index (χ3v) is 4.86. The maximum absolute atomic E-state index is 12.7. The minimum Gasteiger partial charge on any atom is -0.342 e. The lowest BCUT2D eigenvalue weighted by Crippen LogP contribution is -2.39. The van der Waals surface area contributed by atoms with Gasteiger partial charge < -0.3 is 9.80 Å². The van der Waals surface area contributed by atoms with E-state index in [0.29, 0.717) is 24.7 Å². The highest BCUT2D eigenvalue weighted by atomic mass is 16.2. The molecule has 0 spiro atoms. The Morgan fingerprint density at radius 2 is 1.64 bits per heavy atom. The van der Waals surface area contributed by atoms with Gasteiger partial charge in [-0.25, -0.2) is 4.79 Å². The molecule has 0 atom stereocenters. The molecule has 0 radical (unpaired) electrons. The molecule has 2 heterocycles. The van der Waals surface area contributed by atoms with Gasteiger partial charge in [0, 0.05) is 27.7 Å². The standard InChI is InChI=1S/C19H20N4O2/c1-20-12-23(16-17(20)21(2)19(25)22(3)18(16)24)11-13-8-9-14-6-4-5-7-15(14)10-13/h4-10H,11-12H2,1-3H3. The van der Waals surface area contributed by atoms with E-state index < -0.39 is 0 Å². The van der Waals surface area contributed by atoms with Gasteiger partial charge in [0.25, 0.3) is 5.56 Å². The third kappa shape index (κ3) is 2.33. The van der Waals surface area contributed by atoms with Crippen molar-refractivity contribution in [3.8, 4) is 0 Å². The number of benzene rings is 2. The number of anilines is 2. The van der Waals surface area contributed by atoms with E-state index in [4.69, 9.17) is 0 Å². The van der Waals surface area contributed by atoms with Crippen LogP contribution >= 0.6 is 0 Å². The Morgan fingerprint density at radius 3 is 2.40 bits per heavy atom. The van der Waals surface area contributed by atoms with Crippen LogP contribution in [0, 0.1) is 0 Å². The number of nitrogens with zero attached hydrogens (tertiary/aromatic N) is 4. The first-order chi connectivity index (χ1) is 12.0. The van der Waals surface area contributed by atoms with Crippen LogP contribution in [0.1, 0.15) is 5.56 Å². The van der Waals surface area contributed by atoms with Gasteiger partial charge in [0.2, 0.25) is 0 Å². The summed E-state index contributed by atoms with van der Waals surface area (Å²) < 4.78 is 2.71. The Balaban J connectivity index is 1.79. The molecule has 2 aromatic carbocycles. The molecular formula is C19H20N4O2. The maximum atomic E-state index is 12.7. The fraction of sp³-hybridized carbons (Fsp3) is 0.263. The summed E-state index contributed by atoms with van der Waals surface area (Å²) in [5.41, 5.74) is 1.17. The first kappa shape index (κ1) is 15.5. The molecular weight excluding hydrogens is 316 g/mol. The molecule has 1 aliphatic heterocycles. The van der Waals surface area contributed by atoms with E-state index in [1.165, 1.54) is 27.0 Å². The topological polar surface area (TPSA) is 50.5 Å². The molecule has 0 saturated heterocycles. The molecule has 0 amide bonds. The monoisotopic (exact) mass is 336 g/mol. The molecule has 6 heteroatoms. The van der Waals surface area contributed by atoms with Crippen LogP contribution in [-0.4, -0.2) is 22.9 Å². The van der Waals surface area contributed by atoms with E-state index in [2.05, 4.69) is 30.3 Å². The van der Waals surface area contributed by atoms with Gasteiger partial charge in [-0.2, -0.15) is 0 Å². The lowest BCUT2D eigenvalue weighted by molar-refractivity contribution is 0.689. The molecule has 128 valence electrons. The summed E-state index contributed by atoms with van der Waals surface area (Å²) in [6.07, 6.45) is 0. The zero-order chi connectivity index (χ0) is 17.7. The van der Waals surface area contributed by atoms with Crippen LogP contribution in [0.3, 0.4) is 0 Å². The lowest BCUT2D eigenvalue weighted by atomic mass is 10.1. The van der Waals surface area contributed by atoms with E-state index in [-0.39, 0.29) is 11.2 Å². The molecule has 1 aliphatic rings. The second kappa shape index (κ2) is 5.51. The summed E-state index contributed by atoms with van der Waals surface area (Å²) in [7, 11) is 5.13. The van der Waals surface area contributed by atoms with Gasteiger partial charge in [0.15, 0.2) is 0 Å². The summed E-state index contributed by atoms with van der Waals surface area (Å²) in [6, 6.07) is 14.6. The quantitative estimate of drug-likeness (QED) is 0.714. The van der Waals surface area contributed by atoms with Gasteiger partial charge in [0.1, 0.15) is 11.5 Å². The number of fused-ring (bicyclic) bond motifs is 2. The molecule has 3 aromatic rings. The van der Waals surface area contributed by atoms with Crippen molar-refractivity contribution in [1.29, 1.82) is 0 Å². The molecule has 0 fully saturated rings. The van der Waals surface area contributed by atoms with Crippen molar-refractivity contribution < 1.29 is 0 Å². The SMILES string of the molecule is CN1CN(Cc2ccc3ccccc3c2)c2c1n(C)c(=O)n(C)c2=O. The van der Waals surface area contributed by atoms with E-state index in [9.17, 15) is 9.59 Å². The minimum atomic E-state index is -0.303. The molecule has 0 aliphatic carbocycles. The first-order valence-corrected chi connectivity index (χ1v) is 8.21. The zero-order valence-corrected chi connectivity index (χ0v) is 14.6. The largest absolute Gasteiger partial charge is 0.342 e. The average molecular weight is 336 g/mol. The van der Waals surface area contributed by atoms with Crippen LogP contribution in [-0.2, 0) is 20.6 Å². The molecule has 0 saturated carbocycles. The summed E-state index contributed by atoms with van der Waals surface area (Å²) in [6.45, 7) is 1.20. The molecule has 6 nitrogen and oxygen atoms in total. The van der Waals surface area contributed by atoms with Crippen LogP contribution in [0.25, 0.3) is 10.8 Å². The van der Waals surface area contributed by atoms with Crippen molar-refractivity contribution in [3.05, 3.63) is 68.9 Å². The lowest BCUT2D eigenvalue weighted by Gasteiger charge is -2.19. The predicted molar refractivity (Wildman–Crippen MR) is 100 cm³/mol. The molecule has 0 unspecified atom stereocenters. The van der Waals surface area contributed by atoms with Gasteiger partial charge in [-0.05, 0) is 22.4 Å². The van der Waals surface area contributed by atoms with Crippen molar-refractivity contribution >= 4 is 22.3 Å². The third-order valence-electron chi connectivity index (χ3n) is 4.86. The van der Waals surface area contributed by atoms with Gasteiger partial charge in [-0.15, -0.1) is 0 Å². The van der Waals surface area contributed by atoms with E-state index in [1.807, 2.05) is 29.0 Å². The highest BCUT2D eigenvalue weighted by molar-refractivity contribution is 5.83. The summed E-state index contributed by atoms with van der Waals surface area (Å²) in [5, 5.41) is 2.38. The summed E-state index contributed by atoms with van der Waals surface area (Å²) >= 11 is 0. The Bertz CT molecular complexity index is 1100. The number of rotatable bonds is 2. The zero-order valence-electron chi connectivity index (χ0n) is 14.6. The highest BCUT2D eigenvalue weighted by Gasteiger charge is 2.30. The number of hydrogen-bond acceptors (Lipinski definition) is 4. The van der Waals surface area contributed by atoms with Crippen LogP contribution < -0.4 is 21.0 Å². The summed E-state index contributed by atoms with van der Waals surface area (Å²) in [5.74, 6) is 0.675. The Hall–Kier alpha value is -3.02. The van der Waals surface area contributed by atoms with Gasteiger partial charge in [-0.1, -0.05) is 36.4 Å². The normalized spacial score (nSPS) is 13.6. The van der Waals surface area contributed by atoms with Crippen LogP contribution in [0.5, 0.6) is 0 Å². The number of hydrogen-bond donors (Lipinski definition) is 0. The van der Waals surface area contributed by atoms with E-state index in [1.54, 1.807) is 7.05 Å².